The predicted molar refractivity (Wildman–Crippen MR) is 86.6 cm³/mol. The van der Waals surface area contributed by atoms with Crippen molar-refractivity contribution in [2.75, 3.05) is 6.54 Å². The van der Waals surface area contributed by atoms with Crippen molar-refractivity contribution in [2.24, 2.45) is 11.8 Å². The van der Waals surface area contributed by atoms with Crippen LogP contribution in [0.3, 0.4) is 0 Å². The van der Waals surface area contributed by atoms with Crippen LogP contribution in [0, 0.1) is 18.8 Å². The van der Waals surface area contributed by atoms with E-state index in [1.54, 1.807) is 12.1 Å². The third-order valence-corrected chi connectivity index (χ3v) is 5.88. The first-order chi connectivity index (χ1) is 9.81. The molecule has 3 nitrogen and oxygen atoms in total. The first kappa shape index (κ1) is 16.2. The maximum atomic E-state index is 12.1. The van der Waals surface area contributed by atoms with E-state index >= 15 is 0 Å². The van der Waals surface area contributed by atoms with Gasteiger partial charge in [0.2, 0.25) is 10.0 Å². The van der Waals surface area contributed by atoms with Crippen molar-refractivity contribution in [3.8, 4) is 0 Å². The standard InChI is InChI=1S/C17H25NO2S/c1-12(2)14(4)17-11-15(17)9-10-18-21(19,20)16-7-5-13(3)6-8-16/h5-8,15,17-18H,9-11H2,1-4H3. The van der Waals surface area contributed by atoms with Gasteiger partial charge in [-0.25, -0.2) is 13.1 Å². The maximum absolute atomic E-state index is 12.1. The van der Waals surface area contributed by atoms with Crippen LogP contribution in [0.4, 0.5) is 0 Å². The normalized spacial score (nSPS) is 21.1. The molecule has 1 aromatic rings. The molecule has 0 bridgehead atoms. The summed E-state index contributed by atoms with van der Waals surface area (Å²) in [6, 6.07) is 6.96. The second-order valence-electron chi connectivity index (χ2n) is 6.28. The van der Waals surface area contributed by atoms with E-state index in [4.69, 9.17) is 0 Å². The van der Waals surface area contributed by atoms with Crippen LogP contribution >= 0.6 is 0 Å². The molecule has 1 fully saturated rings. The van der Waals surface area contributed by atoms with E-state index in [1.807, 2.05) is 19.1 Å². The Kier molecular flexibility index (Phi) is 4.89. The summed E-state index contributed by atoms with van der Waals surface area (Å²) in [5.41, 5.74) is 3.93. The Morgan fingerprint density at radius 1 is 1.19 bits per heavy atom. The lowest BCUT2D eigenvalue weighted by Gasteiger charge is -2.07. The molecule has 21 heavy (non-hydrogen) atoms. The molecule has 0 radical (unpaired) electrons. The quantitative estimate of drug-likeness (QED) is 0.815. The Hall–Kier alpha value is -1.13. The molecule has 1 aliphatic rings. The van der Waals surface area contributed by atoms with Crippen molar-refractivity contribution in [2.45, 2.75) is 45.4 Å². The molecule has 4 heteroatoms. The summed E-state index contributed by atoms with van der Waals surface area (Å²) >= 11 is 0. The summed E-state index contributed by atoms with van der Waals surface area (Å²) in [6.07, 6.45) is 2.11. The van der Waals surface area contributed by atoms with Crippen molar-refractivity contribution in [3.05, 3.63) is 41.0 Å². The summed E-state index contributed by atoms with van der Waals surface area (Å²) in [6.45, 7) is 8.95. The van der Waals surface area contributed by atoms with E-state index in [2.05, 4.69) is 25.5 Å². The molecule has 2 unspecified atom stereocenters. The molecule has 1 aliphatic carbocycles. The van der Waals surface area contributed by atoms with Crippen molar-refractivity contribution < 1.29 is 8.42 Å². The highest BCUT2D eigenvalue weighted by atomic mass is 32.2. The van der Waals surface area contributed by atoms with Gasteiger partial charge in [0.25, 0.3) is 0 Å². The Morgan fingerprint density at radius 3 is 2.38 bits per heavy atom. The van der Waals surface area contributed by atoms with Crippen LogP contribution < -0.4 is 4.72 Å². The van der Waals surface area contributed by atoms with Crippen molar-refractivity contribution in [1.82, 2.24) is 4.72 Å². The highest BCUT2D eigenvalue weighted by Gasteiger charge is 2.37. The van der Waals surface area contributed by atoms with E-state index in [0.29, 0.717) is 23.3 Å². The number of allylic oxidation sites excluding steroid dienone is 2. The van der Waals surface area contributed by atoms with Gasteiger partial charge in [0.15, 0.2) is 0 Å². The molecule has 1 saturated carbocycles. The Balaban J connectivity index is 1.84. The smallest absolute Gasteiger partial charge is 0.211 e. The molecule has 0 heterocycles. The van der Waals surface area contributed by atoms with E-state index in [1.165, 1.54) is 17.6 Å². The second-order valence-corrected chi connectivity index (χ2v) is 8.05. The number of rotatable bonds is 6. The van der Waals surface area contributed by atoms with Gasteiger partial charge in [-0.2, -0.15) is 0 Å². The molecular weight excluding hydrogens is 282 g/mol. The molecule has 2 atom stereocenters. The largest absolute Gasteiger partial charge is 0.240 e. The molecule has 0 amide bonds. The summed E-state index contributed by atoms with van der Waals surface area (Å²) in [4.78, 5) is 0.348. The van der Waals surface area contributed by atoms with E-state index in [0.717, 1.165) is 12.0 Å². The summed E-state index contributed by atoms with van der Waals surface area (Å²) in [5.74, 6) is 1.31. The zero-order chi connectivity index (χ0) is 15.6. The average Bonchev–Trinajstić information content (AvgIpc) is 3.17. The third kappa shape index (κ3) is 4.17. The van der Waals surface area contributed by atoms with Gasteiger partial charge in [0, 0.05) is 6.54 Å². The minimum atomic E-state index is -3.36. The number of nitrogens with one attached hydrogen (secondary N) is 1. The highest BCUT2D eigenvalue weighted by Crippen LogP contribution is 2.46. The lowest BCUT2D eigenvalue weighted by Crippen LogP contribution is -2.25. The average molecular weight is 307 g/mol. The van der Waals surface area contributed by atoms with Gasteiger partial charge < -0.3 is 0 Å². The third-order valence-electron chi connectivity index (χ3n) is 4.41. The lowest BCUT2D eigenvalue weighted by molar-refractivity contribution is 0.572. The molecule has 0 spiro atoms. The van der Waals surface area contributed by atoms with E-state index in [-0.39, 0.29) is 0 Å². The van der Waals surface area contributed by atoms with Crippen molar-refractivity contribution in [1.29, 1.82) is 0 Å². The Morgan fingerprint density at radius 2 is 1.81 bits per heavy atom. The zero-order valence-electron chi connectivity index (χ0n) is 13.3. The van der Waals surface area contributed by atoms with Crippen molar-refractivity contribution >= 4 is 10.0 Å². The van der Waals surface area contributed by atoms with Crippen LogP contribution in [0.15, 0.2) is 40.3 Å². The number of aryl methyl sites for hydroxylation is 1. The molecule has 2 rings (SSSR count). The SMILES string of the molecule is CC(C)=C(C)C1CC1CCNS(=O)(=O)c1ccc(C)cc1. The molecule has 0 aliphatic heterocycles. The topological polar surface area (TPSA) is 46.2 Å². The van der Waals surface area contributed by atoms with Gasteiger partial charge in [0.1, 0.15) is 0 Å². The maximum Gasteiger partial charge on any atom is 0.240 e. The van der Waals surface area contributed by atoms with Gasteiger partial charge >= 0.3 is 0 Å². The summed E-state index contributed by atoms with van der Waals surface area (Å²) < 4.78 is 27.0. The van der Waals surface area contributed by atoms with E-state index in [9.17, 15) is 8.42 Å². The van der Waals surface area contributed by atoms with Crippen LogP contribution in [0.2, 0.25) is 0 Å². The molecule has 1 aromatic carbocycles. The molecular formula is C17H25NO2S. The Bertz CT molecular complexity index is 625. The van der Waals surface area contributed by atoms with Crippen LogP contribution in [-0.4, -0.2) is 15.0 Å². The highest BCUT2D eigenvalue weighted by molar-refractivity contribution is 7.89. The fourth-order valence-corrected chi connectivity index (χ4v) is 3.69. The fourth-order valence-electron chi connectivity index (χ4n) is 2.65. The van der Waals surface area contributed by atoms with Crippen LogP contribution in [0.5, 0.6) is 0 Å². The molecule has 1 N–H and O–H groups in total. The molecule has 0 aromatic heterocycles. The van der Waals surface area contributed by atoms with Gasteiger partial charge in [0.05, 0.1) is 4.90 Å². The summed E-state index contributed by atoms with van der Waals surface area (Å²) in [7, 11) is -3.36. The number of hydrogen-bond acceptors (Lipinski definition) is 2. The number of benzene rings is 1. The van der Waals surface area contributed by atoms with Crippen molar-refractivity contribution in [3.63, 3.8) is 0 Å². The van der Waals surface area contributed by atoms with Gasteiger partial charge in [-0.3, -0.25) is 0 Å². The van der Waals surface area contributed by atoms with Gasteiger partial charge in [-0.05, 0) is 64.5 Å². The minimum absolute atomic E-state index is 0.348. The van der Waals surface area contributed by atoms with Gasteiger partial charge in [-0.15, -0.1) is 0 Å². The Labute approximate surface area is 128 Å². The number of sulfonamides is 1. The first-order valence-corrected chi connectivity index (χ1v) is 9.00. The van der Waals surface area contributed by atoms with Gasteiger partial charge in [-0.1, -0.05) is 28.8 Å². The monoisotopic (exact) mass is 307 g/mol. The fraction of sp³-hybridized carbons (Fsp3) is 0.529. The zero-order valence-corrected chi connectivity index (χ0v) is 14.1. The lowest BCUT2D eigenvalue weighted by atomic mass is 10.1. The molecule has 0 saturated heterocycles. The summed E-state index contributed by atoms with van der Waals surface area (Å²) in [5, 5.41) is 0. The predicted octanol–water partition coefficient (Wildman–Crippen LogP) is 3.66. The van der Waals surface area contributed by atoms with E-state index < -0.39 is 10.0 Å². The molecule has 116 valence electrons. The van der Waals surface area contributed by atoms with Crippen LogP contribution in [0.1, 0.15) is 39.2 Å². The minimum Gasteiger partial charge on any atom is -0.211 e. The second kappa shape index (κ2) is 6.32. The first-order valence-electron chi connectivity index (χ1n) is 7.51. The van der Waals surface area contributed by atoms with Crippen LogP contribution in [0.25, 0.3) is 0 Å². The number of hydrogen-bond donors (Lipinski definition) is 1. The van der Waals surface area contributed by atoms with Crippen LogP contribution in [-0.2, 0) is 10.0 Å².